The summed E-state index contributed by atoms with van der Waals surface area (Å²) in [7, 11) is 1.60. The van der Waals surface area contributed by atoms with E-state index >= 15 is 0 Å². The SMILES string of the molecule is COc1cc(C(=O)N2CCC(/C3=C/C=C(N)\N=C/CCC3)CC2)ncc1OCC1CCC1. The third-order valence-corrected chi connectivity index (χ3v) is 6.78. The zero-order valence-electron chi connectivity index (χ0n) is 19.0. The summed E-state index contributed by atoms with van der Waals surface area (Å²) in [5, 5.41) is 0. The topological polar surface area (TPSA) is 90.0 Å². The van der Waals surface area contributed by atoms with Crippen molar-refractivity contribution in [1.29, 1.82) is 0 Å². The molecule has 7 heteroatoms. The number of nitrogens with zero attached hydrogens (tertiary/aromatic N) is 3. The van der Waals surface area contributed by atoms with E-state index in [4.69, 9.17) is 15.2 Å². The third kappa shape index (κ3) is 5.50. The minimum Gasteiger partial charge on any atom is -0.493 e. The highest BCUT2D eigenvalue weighted by molar-refractivity contribution is 5.93. The zero-order chi connectivity index (χ0) is 22.3. The number of aliphatic imine (C=N–C) groups is 1. The van der Waals surface area contributed by atoms with E-state index in [-0.39, 0.29) is 5.91 Å². The summed E-state index contributed by atoms with van der Waals surface area (Å²) in [6, 6.07) is 1.71. The highest BCUT2D eigenvalue weighted by Crippen LogP contribution is 2.32. The number of pyridine rings is 1. The van der Waals surface area contributed by atoms with E-state index in [1.807, 2.05) is 17.2 Å². The van der Waals surface area contributed by atoms with Gasteiger partial charge in [-0.1, -0.05) is 18.1 Å². The van der Waals surface area contributed by atoms with Gasteiger partial charge in [0.15, 0.2) is 11.5 Å². The Morgan fingerprint density at radius 3 is 2.69 bits per heavy atom. The molecule has 2 fully saturated rings. The fraction of sp³-hybridized carbons (Fsp3) is 0.560. The van der Waals surface area contributed by atoms with Crippen LogP contribution in [0.3, 0.4) is 0 Å². The standard InChI is InChI=1S/C25H34N4O3/c1-31-22-15-21(28-16-23(22)32-17-18-5-4-6-18)25(30)29-13-10-20(11-14-29)19-7-2-3-12-27-24(26)9-8-19/h8-9,12,15-16,18,20H,2-7,10-11,13-14,17,26H2,1H3/b19-8+,24-9-,27-12-. The highest BCUT2D eigenvalue weighted by Gasteiger charge is 2.27. The van der Waals surface area contributed by atoms with Gasteiger partial charge in [-0.3, -0.25) is 4.79 Å². The van der Waals surface area contributed by atoms with Crippen LogP contribution < -0.4 is 15.2 Å². The van der Waals surface area contributed by atoms with E-state index in [9.17, 15) is 4.79 Å². The van der Waals surface area contributed by atoms with E-state index in [0.717, 1.165) is 45.2 Å². The lowest BCUT2D eigenvalue weighted by molar-refractivity contribution is 0.0694. The summed E-state index contributed by atoms with van der Waals surface area (Å²) >= 11 is 0. The molecule has 0 unspecified atom stereocenters. The Bertz CT molecular complexity index is 896. The number of nitrogens with two attached hydrogens (primary N) is 1. The first kappa shape index (κ1) is 22.4. The van der Waals surface area contributed by atoms with Crippen molar-refractivity contribution < 1.29 is 14.3 Å². The van der Waals surface area contributed by atoms with Crippen LogP contribution in [0, 0.1) is 11.8 Å². The molecule has 2 N–H and O–H groups in total. The number of hydrogen-bond acceptors (Lipinski definition) is 6. The van der Waals surface area contributed by atoms with Gasteiger partial charge < -0.3 is 20.1 Å². The molecular formula is C25H34N4O3. The van der Waals surface area contributed by atoms with Crippen LogP contribution in [0.15, 0.2) is 40.8 Å². The van der Waals surface area contributed by atoms with Crippen LogP contribution in [0.1, 0.15) is 61.9 Å². The van der Waals surface area contributed by atoms with Crippen LogP contribution in [0.25, 0.3) is 0 Å². The third-order valence-electron chi connectivity index (χ3n) is 6.78. The lowest BCUT2D eigenvalue weighted by Crippen LogP contribution is -2.39. The fourth-order valence-electron chi connectivity index (χ4n) is 4.52. The number of ether oxygens (including phenoxy) is 2. The molecule has 0 atom stereocenters. The Balaban J connectivity index is 1.36. The van der Waals surface area contributed by atoms with E-state index in [1.165, 1.54) is 24.8 Å². The van der Waals surface area contributed by atoms with Crippen molar-refractivity contribution in [3.63, 3.8) is 0 Å². The van der Waals surface area contributed by atoms with Crippen LogP contribution in [0.4, 0.5) is 0 Å². The number of rotatable bonds is 6. The Morgan fingerprint density at radius 2 is 1.97 bits per heavy atom. The van der Waals surface area contributed by atoms with Gasteiger partial charge in [0.2, 0.25) is 0 Å². The fourth-order valence-corrected chi connectivity index (χ4v) is 4.52. The van der Waals surface area contributed by atoms with Crippen LogP contribution in [0.2, 0.25) is 0 Å². The van der Waals surface area contributed by atoms with E-state index in [2.05, 4.69) is 16.1 Å². The Morgan fingerprint density at radius 1 is 1.16 bits per heavy atom. The first-order valence-corrected chi connectivity index (χ1v) is 11.8. The molecule has 2 aliphatic heterocycles. The van der Waals surface area contributed by atoms with Gasteiger partial charge in [0.1, 0.15) is 11.5 Å². The number of carbonyl (C=O) groups excluding carboxylic acids is 1. The van der Waals surface area contributed by atoms with E-state index in [0.29, 0.717) is 41.5 Å². The van der Waals surface area contributed by atoms with Crippen LogP contribution in [0.5, 0.6) is 11.5 Å². The minimum atomic E-state index is -0.0479. The number of methoxy groups -OCH3 is 1. The second kappa shape index (κ2) is 10.7. The lowest BCUT2D eigenvalue weighted by Gasteiger charge is -2.33. The largest absolute Gasteiger partial charge is 0.493 e. The number of likely N-dealkylation sites (tertiary alicyclic amines) is 1. The minimum absolute atomic E-state index is 0.0479. The van der Waals surface area contributed by atoms with Gasteiger partial charge >= 0.3 is 0 Å². The summed E-state index contributed by atoms with van der Waals surface area (Å²) in [4.78, 5) is 23.6. The maximum atomic E-state index is 13.1. The molecule has 1 saturated carbocycles. The number of hydrogen-bond donors (Lipinski definition) is 1. The molecular weight excluding hydrogens is 404 g/mol. The summed E-state index contributed by atoms with van der Waals surface area (Å²) in [5.41, 5.74) is 7.73. The lowest BCUT2D eigenvalue weighted by atomic mass is 9.86. The maximum Gasteiger partial charge on any atom is 0.272 e. The molecule has 4 rings (SSSR count). The van der Waals surface area contributed by atoms with Crippen molar-refractivity contribution in [2.75, 3.05) is 26.8 Å². The molecule has 3 aliphatic rings. The average molecular weight is 439 g/mol. The maximum absolute atomic E-state index is 13.1. The first-order chi connectivity index (χ1) is 15.6. The molecule has 1 aliphatic carbocycles. The second-order valence-electron chi connectivity index (χ2n) is 8.93. The molecule has 32 heavy (non-hydrogen) atoms. The summed E-state index contributed by atoms with van der Waals surface area (Å²) < 4.78 is 11.4. The predicted octanol–water partition coefficient (Wildman–Crippen LogP) is 4.10. The van der Waals surface area contributed by atoms with E-state index < -0.39 is 0 Å². The average Bonchev–Trinajstić information content (AvgIpc) is 2.90. The van der Waals surface area contributed by atoms with Crippen LogP contribution >= 0.6 is 0 Å². The van der Waals surface area contributed by atoms with Crippen molar-refractivity contribution in [3.8, 4) is 11.5 Å². The Kier molecular flexibility index (Phi) is 7.45. The van der Waals surface area contributed by atoms with Gasteiger partial charge in [-0.25, -0.2) is 9.98 Å². The summed E-state index contributed by atoms with van der Waals surface area (Å²) in [6.07, 6.45) is 16.2. The smallest absolute Gasteiger partial charge is 0.272 e. The predicted molar refractivity (Wildman–Crippen MR) is 125 cm³/mol. The van der Waals surface area contributed by atoms with Crippen LogP contribution in [-0.2, 0) is 0 Å². The van der Waals surface area contributed by atoms with Crippen molar-refractivity contribution in [2.24, 2.45) is 22.6 Å². The van der Waals surface area contributed by atoms with Gasteiger partial charge in [0.05, 0.1) is 19.9 Å². The number of piperidine rings is 1. The monoisotopic (exact) mass is 438 g/mol. The molecule has 0 bridgehead atoms. The molecule has 0 radical (unpaired) electrons. The number of allylic oxidation sites excluding steroid dienone is 3. The van der Waals surface area contributed by atoms with Crippen LogP contribution in [-0.4, -0.2) is 48.8 Å². The van der Waals surface area contributed by atoms with Gasteiger partial charge in [-0.15, -0.1) is 0 Å². The number of amides is 1. The molecule has 3 heterocycles. The van der Waals surface area contributed by atoms with Gasteiger partial charge in [-0.2, -0.15) is 0 Å². The molecule has 1 aromatic heterocycles. The van der Waals surface area contributed by atoms with Gasteiger partial charge in [0.25, 0.3) is 5.91 Å². The normalized spacial score (nSPS) is 24.6. The van der Waals surface area contributed by atoms with Gasteiger partial charge in [0, 0.05) is 25.4 Å². The Labute approximate surface area is 190 Å². The van der Waals surface area contributed by atoms with E-state index in [1.54, 1.807) is 19.4 Å². The molecule has 0 spiro atoms. The molecule has 1 amide bonds. The van der Waals surface area contributed by atoms with Crippen molar-refractivity contribution in [3.05, 3.63) is 41.5 Å². The molecule has 0 aromatic carbocycles. The number of aromatic nitrogens is 1. The van der Waals surface area contributed by atoms with Gasteiger partial charge in [-0.05, 0) is 62.9 Å². The molecule has 172 valence electrons. The second-order valence-corrected chi connectivity index (χ2v) is 8.93. The summed E-state index contributed by atoms with van der Waals surface area (Å²) in [5.74, 6) is 2.79. The molecule has 1 aromatic rings. The quantitative estimate of drug-likeness (QED) is 0.722. The molecule has 1 saturated heterocycles. The van der Waals surface area contributed by atoms with Crippen molar-refractivity contribution >= 4 is 12.1 Å². The zero-order valence-corrected chi connectivity index (χ0v) is 19.0. The number of carbonyl (C=O) groups is 1. The molecule has 7 nitrogen and oxygen atoms in total. The summed E-state index contributed by atoms with van der Waals surface area (Å²) in [6.45, 7) is 2.13. The van der Waals surface area contributed by atoms with Crippen molar-refractivity contribution in [2.45, 2.75) is 51.4 Å². The van der Waals surface area contributed by atoms with Crippen molar-refractivity contribution in [1.82, 2.24) is 9.88 Å². The first-order valence-electron chi connectivity index (χ1n) is 11.8. The highest BCUT2D eigenvalue weighted by atomic mass is 16.5. The Hall–Kier alpha value is -2.83.